The molecule has 7 nitrogen and oxygen atoms in total. The Labute approximate surface area is 207 Å². The molecule has 0 radical (unpaired) electrons. The number of nitrogens with one attached hydrogen (secondary N) is 1. The molecule has 1 aliphatic carbocycles. The van der Waals surface area contributed by atoms with E-state index < -0.39 is 29.2 Å². The van der Waals surface area contributed by atoms with Crippen LogP contribution in [0, 0.1) is 0 Å². The third kappa shape index (κ3) is 3.68. The van der Waals surface area contributed by atoms with Crippen molar-refractivity contribution in [1.82, 2.24) is 15.2 Å². The van der Waals surface area contributed by atoms with Gasteiger partial charge in [-0.1, -0.05) is 13.0 Å². The quantitative estimate of drug-likeness (QED) is 0.478. The minimum Gasteiger partial charge on any atom is -0.395 e. The minimum absolute atomic E-state index is 0.0342. The number of H-pyrrole nitrogens is 1. The molecular formula is C25H22F5N3O4. The highest BCUT2D eigenvalue weighted by Crippen LogP contribution is 2.49. The first-order valence-corrected chi connectivity index (χ1v) is 11.7. The van der Waals surface area contributed by atoms with Crippen molar-refractivity contribution in [2.24, 2.45) is 0 Å². The Kier molecular flexibility index (Phi) is 5.13. The van der Waals surface area contributed by atoms with Crippen molar-refractivity contribution in [2.75, 3.05) is 13.2 Å². The summed E-state index contributed by atoms with van der Waals surface area (Å²) in [5, 5.41) is 17.6. The molecule has 37 heavy (non-hydrogen) atoms. The maximum absolute atomic E-state index is 13.5. The van der Waals surface area contributed by atoms with E-state index in [9.17, 15) is 27.1 Å². The SMILES string of the molecule is CC(c1ccc2c(c1)OC(F)(F)O2)C1(c2cc(C3(O)CCCc4c(C(F)(F)F)n[nH]c43)ccn2)COC1. The van der Waals surface area contributed by atoms with Crippen LogP contribution in [0.25, 0.3) is 0 Å². The van der Waals surface area contributed by atoms with Crippen LogP contribution in [0.1, 0.15) is 59.5 Å². The number of hydrogen-bond donors (Lipinski definition) is 2. The lowest BCUT2D eigenvalue weighted by molar-refractivity contribution is -0.286. The van der Waals surface area contributed by atoms with Crippen molar-refractivity contribution >= 4 is 0 Å². The lowest BCUT2D eigenvalue weighted by Crippen LogP contribution is -2.51. The van der Waals surface area contributed by atoms with Crippen molar-refractivity contribution in [3.63, 3.8) is 0 Å². The van der Waals surface area contributed by atoms with Gasteiger partial charge < -0.3 is 19.3 Å². The van der Waals surface area contributed by atoms with Gasteiger partial charge in [-0.3, -0.25) is 10.1 Å². The Balaban J connectivity index is 1.37. The lowest BCUT2D eigenvalue weighted by Gasteiger charge is -2.46. The molecular weight excluding hydrogens is 501 g/mol. The molecule has 1 aromatic carbocycles. The van der Waals surface area contributed by atoms with E-state index in [0.29, 0.717) is 23.2 Å². The lowest BCUT2D eigenvalue weighted by atomic mass is 9.68. The second kappa shape index (κ2) is 7.87. The zero-order chi connectivity index (χ0) is 26.2. The molecule has 0 amide bonds. The predicted molar refractivity (Wildman–Crippen MR) is 117 cm³/mol. The first-order chi connectivity index (χ1) is 17.4. The molecule has 2 aromatic heterocycles. The number of aromatic nitrogens is 3. The molecule has 12 heteroatoms. The van der Waals surface area contributed by atoms with Gasteiger partial charge in [0.2, 0.25) is 0 Å². The van der Waals surface area contributed by atoms with Crippen LogP contribution >= 0.6 is 0 Å². The Morgan fingerprint density at radius 3 is 2.54 bits per heavy atom. The number of aliphatic hydroxyl groups is 1. The molecule has 2 aliphatic heterocycles. The summed E-state index contributed by atoms with van der Waals surface area (Å²) in [4.78, 5) is 4.53. The maximum Gasteiger partial charge on any atom is 0.586 e. The van der Waals surface area contributed by atoms with Gasteiger partial charge in [-0.15, -0.1) is 8.78 Å². The Morgan fingerprint density at radius 2 is 1.84 bits per heavy atom. The van der Waals surface area contributed by atoms with Crippen LogP contribution in [-0.4, -0.2) is 39.8 Å². The van der Waals surface area contributed by atoms with Crippen LogP contribution in [-0.2, 0) is 28.4 Å². The summed E-state index contributed by atoms with van der Waals surface area (Å²) in [5.41, 5.74) is -1.73. The van der Waals surface area contributed by atoms with Crippen molar-refractivity contribution in [1.29, 1.82) is 0 Å². The third-order valence-electron chi connectivity index (χ3n) is 7.74. The number of pyridine rings is 1. The molecule has 0 saturated carbocycles. The van der Waals surface area contributed by atoms with Crippen LogP contribution in [0.3, 0.4) is 0 Å². The molecule has 196 valence electrons. The van der Waals surface area contributed by atoms with Gasteiger partial charge in [0, 0.05) is 11.8 Å². The van der Waals surface area contributed by atoms with Gasteiger partial charge in [0.25, 0.3) is 0 Å². The van der Waals surface area contributed by atoms with Crippen molar-refractivity contribution < 1.29 is 41.3 Å². The maximum atomic E-state index is 13.5. The first kappa shape index (κ1) is 24.1. The summed E-state index contributed by atoms with van der Waals surface area (Å²) in [7, 11) is 0. The normalized spacial score (nSPS) is 24.3. The second-order valence-corrected chi connectivity index (χ2v) is 9.81. The Hall–Kier alpha value is -3.25. The molecule has 1 fully saturated rings. The van der Waals surface area contributed by atoms with Crippen LogP contribution in [0.15, 0.2) is 36.5 Å². The molecule has 3 aromatic rings. The number of hydrogen-bond acceptors (Lipinski definition) is 6. The van der Waals surface area contributed by atoms with E-state index in [4.69, 9.17) is 4.74 Å². The summed E-state index contributed by atoms with van der Waals surface area (Å²) in [6, 6.07) is 7.84. The molecule has 4 heterocycles. The number of benzene rings is 1. The highest BCUT2D eigenvalue weighted by atomic mass is 19.4. The molecule has 2 atom stereocenters. The standard InChI is InChI=1S/C25H22F5N3O4/c1-13(14-4-5-17-18(9-14)37-25(29,30)36-17)22(11-35-12-22)19-10-15(6-8-31-19)23(34)7-2-3-16-20(23)32-33-21(16)24(26,27)28/h4-6,8-10,13,34H,2-3,7,11-12H2,1H3,(H,32,33). The number of aromatic amines is 1. The van der Waals surface area contributed by atoms with Gasteiger partial charge in [0.15, 0.2) is 17.2 Å². The van der Waals surface area contributed by atoms with Gasteiger partial charge in [-0.2, -0.15) is 18.3 Å². The second-order valence-electron chi connectivity index (χ2n) is 9.81. The van der Waals surface area contributed by atoms with E-state index in [-0.39, 0.29) is 54.7 Å². The predicted octanol–water partition coefficient (Wildman–Crippen LogP) is 4.79. The smallest absolute Gasteiger partial charge is 0.395 e. The molecule has 0 bridgehead atoms. The van der Waals surface area contributed by atoms with Crippen molar-refractivity contribution in [2.45, 2.75) is 55.6 Å². The summed E-state index contributed by atoms with van der Waals surface area (Å²) in [6.07, 6.45) is -6.16. The number of alkyl halides is 5. The zero-order valence-electron chi connectivity index (χ0n) is 19.5. The third-order valence-corrected chi connectivity index (χ3v) is 7.74. The summed E-state index contributed by atoms with van der Waals surface area (Å²) < 4.78 is 82.1. The molecule has 2 unspecified atom stereocenters. The highest BCUT2D eigenvalue weighted by molar-refractivity contribution is 5.48. The van der Waals surface area contributed by atoms with Crippen LogP contribution < -0.4 is 9.47 Å². The summed E-state index contributed by atoms with van der Waals surface area (Å²) in [6.45, 7) is 2.47. The van der Waals surface area contributed by atoms with E-state index in [2.05, 4.69) is 24.7 Å². The fourth-order valence-electron chi connectivity index (χ4n) is 5.58. The minimum atomic E-state index is -4.64. The number of rotatable bonds is 4. The van der Waals surface area contributed by atoms with Crippen LogP contribution in [0.4, 0.5) is 22.0 Å². The van der Waals surface area contributed by atoms with Gasteiger partial charge in [0.05, 0.1) is 30.0 Å². The summed E-state index contributed by atoms with van der Waals surface area (Å²) >= 11 is 0. The zero-order valence-corrected chi connectivity index (χ0v) is 19.5. The van der Waals surface area contributed by atoms with Gasteiger partial charge in [0.1, 0.15) is 5.60 Å². The Bertz CT molecular complexity index is 1370. The van der Waals surface area contributed by atoms with E-state index in [0.717, 1.165) is 0 Å². The molecule has 0 spiro atoms. The van der Waals surface area contributed by atoms with Crippen molar-refractivity contribution in [3.8, 4) is 11.5 Å². The van der Waals surface area contributed by atoms with E-state index in [1.807, 2.05) is 6.92 Å². The molecule has 6 rings (SSSR count). The number of fused-ring (bicyclic) bond motifs is 2. The topological polar surface area (TPSA) is 89.5 Å². The number of nitrogens with zero attached hydrogens (tertiary/aromatic N) is 2. The molecule has 3 aliphatic rings. The van der Waals surface area contributed by atoms with Crippen molar-refractivity contribution in [3.05, 3.63) is 70.3 Å². The van der Waals surface area contributed by atoms with Gasteiger partial charge in [-0.05, 0) is 60.6 Å². The van der Waals surface area contributed by atoms with Gasteiger partial charge >= 0.3 is 12.5 Å². The summed E-state index contributed by atoms with van der Waals surface area (Å²) in [5.74, 6) is -0.407. The fourth-order valence-corrected chi connectivity index (χ4v) is 5.58. The fraction of sp³-hybridized carbons (Fsp3) is 0.440. The average Bonchev–Trinajstić information content (AvgIpc) is 3.38. The molecule has 2 N–H and O–H groups in total. The average molecular weight is 523 g/mol. The monoisotopic (exact) mass is 523 g/mol. The largest absolute Gasteiger partial charge is 0.586 e. The Morgan fingerprint density at radius 1 is 1.08 bits per heavy atom. The number of halogens is 5. The van der Waals surface area contributed by atoms with E-state index in [1.54, 1.807) is 18.2 Å². The first-order valence-electron chi connectivity index (χ1n) is 11.7. The molecule has 1 saturated heterocycles. The van der Waals surface area contributed by atoms with E-state index >= 15 is 0 Å². The van der Waals surface area contributed by atoms with E-state index in [1.165, 1.54) is 18.3 Å². The number of ether oxygens (including phenoxy) is 3. The van der Waals surface area contributed by atoms with Gasteiger partial charge in [-0.25, -0.2) is 0 Å². The highest BCUT2D eigenvalue weighted by Gasteiger charge is 2.50. The van der Waals surface area contributed by atoms with Crippen LogP contribution in [0.5, 0.6) is 11.5 Å². The van der Waals surface area contributed by atoms with Crippen LogP contribution in [0.2, 0.25) is 0 Å².